The van der Waals surface area contributed by atoms with Gasteiger partial charge in [0.15, 0.2) is 81.5 Å². The van der Waals surface area contributed by atoms with E-state index in [0.717, 1.165) is 12.1 Å². The van der Waals surface area contributed by atoms with Crippen LogP contribution in [0.4, 0.5) is 74.6 Å². The zero-order valence-corrected chi connectivity index (χ0v) is 25.5. The normalized spacial score (nSPS) is 14.5. The van der Waals surface area contributed by atoms with Gasteiger partial charge in [0, 0.05) is 34.1 Å². The fraction of sp³-hybridized carbons (Fsp3) is 0.0588. The summed E-state index contributed by atoms with van der Waals surface area (Å²) in [6, 6.07) is 3.36. The quantitative estimate of drug-likeness (QED) is 0.0725. The number of halogens is 17. The van der Waals surface area contributed by atoms with Crippen LogP contribution in [0.3, 0.4) is 0 Å². The lowest BCUT2D eigenvalue weighted by Gasteiger charge is -2.25. The van der Waals surface area contributed by atoms with Gasteiger partial charge in [0.25, 0.3) is 0 Å². The van der Waals surface area contributed by atoms with E-state index in [1.54, 1.807) is 0 Å². The molecule has 0 saturated heterocycles. The Morgan fingerprint density at radius 2 is 1.00 bits per heavy atom. The predicted molar refractivity (Wildman–Crippen MR) is 151 cm³/mol. The first-order valence-electron chi connectivity index (χ1n) is 14.6. The lowest BCUT2D eigenvalue weighted by Crippen LogP contribution is -2.46. The van der Waals surface area contributed by atoms with E-state index in [1.807, 2.05) is 0 Å². The van der Waals surface area contributed by atoms with E-state index >= 15 is 35.1 Å². The SMILES string of the molecule is FC1=C(F)C(OB(Oc2c(F)c(F)c(F)c3c2Cc2ccc(F)c(F)c2-3)c2c(F)c(F)c(F)c(F)c2-c2c(F)c(F)c(F)c(F)c2F)c2cccc(F)c21. The topological polar surface area (TPSA) is 18.5 Å². The van der Waals surface area contributed by atoms with Crippen LogP contribution in [-0.2, 0) is 11.1 Å². The Morgan fingerprint density at radius 3 is 1.63 bits per heavy atom. The number of benzene rings is 5. The molecule has 0 heterocycles. The zero-order chi connectivity index (χ0) is 39.4. The minimum atomic E-state index is -3.59. The number of hydrogen-bond acceptors (Lipinski definition) is 2. The highest BCUT2D eigenvalue weighted by atomic mass is 19.2. The van der Waals surface area contributed by atoms with Gasteiger partial charge in [-0.2, -0.15) is 4.39 Å². The van der Waals surface area contributed by atoms with E-state index < -0.39 is 174 Å². The van der Waals surface area contributed by atoms with E-state index in [-0.39, 0.29) is 0 Å². The number of rotatable bonds is 6. The van der Waals surface area contributed by atoms with E-state index in [2.05, 4.69) is 0 Å². The molecule has 2 aliphatic carbocycles. The predicted octanol–water partition coefficient (Wildman–Crippen LogP) is 10.2. The molecular weight excluding hydrogens is 774 g/mol. The van der Waals surface area contributed by atoms with Crippen molar-refractivity contribution in [2.45, 2.75) is 12.5 Å². The Hall–Kier alpha value is -5.53. The summed E-state index contributed by atoms with van der Waals surface area (Å²) in [5.41, 5.74) is -13.3. The van der Waals surface area contributed by atoms with Gasteiger partial charge in [0.2, 0.25) is 11.6 Å². The van der Waals surface area contributed by atoms with Crippen molar-refractivity contribution in [2.24, 2.45) is 0 Å². The van der Waals surface area contributed by atoms with Crippen LogP contribution in [0.25, 0.3) is 28.1 Å². The summed E-state index contributed by atoms with van der Waals surface area (Å²) in [6.07, 6.45) is -3.76. The lowest BCUT2D eigenvalue weighted by atomic mass is 9.72. The maximum Gasteiger partial charge on any atom is 0.567 e. The second-order valence-electron chi connectivity index (χ2n) is 11.5. The Kier molecular flexibility index (Phi) is 8.73. The third kappa shape index (κ3) is 5.09. The van der Waals surface area contributed by atoms with E-state index in [0.29, 0.717) is 18.2 Å². The van der Waals surface area contributed by atoms with Crippen LogP contribution in [0.2, 0.25) is 0 Å². The fourth-order valence-electron chi connectivity index (χ4n) is 6.25. The fourth-order valence-corrected chi connectivity index (χ4v) is 6.25. The van der Waals surface area contributed by atoms with Crippen LogP contribution in [0, 0.1) is 87.3 Å². The summed E-state index contributed by atoms with van der Waals surface area (Å²) < 4.78 is 264. The third-order valence-corrected chi connectivity index (χ3v) is 8.65. The Morgan fingerprint density at radius 1 is 0.463 bits per heavy atom. The molecule has 0 aromatic heterocycles. The molecule has 20 heteroatoms. The molecule has 0 fully saturated rings. The summed E-state index contributed by atoms with van der Waals surface area (Å²) in [6.45, 7) is 0. The van der Waals surface area contributed by atoms with Gasteiger partial charge in [-0.3, -0.25) is 0 Å². The molecule has 0 aliphatic heterocycles. The average molecular weight is 782 g/mol. The lowest BCUT2D eigenvalue weighted by molar-refractivity contribution is 0.186. The molecule has 0 radical (unpaired) electrons. The van der Waals surface area contributed by atoms with Gasteiger partial charge in [0.1, 0.15) is 17.7 Å². The van der Waals surface area contributed by atoms with Gasteiger partial charge in [-0.05, 0) is 23.3 Å². The Bertz CT molecular complexity index is 2510. The molecule has 1 atom stereocenters. The van der Waals surface area contributed by atoms with Gasteiger partial charge in [0.05, 0.1) is 11.1 Å². The van der Waals surface area contributed by atoms with Crippen LogP contribution in [0.5, 0.6) is 5.75 Å². The van der Waals surface area contributed by atoms with Gasteiger partial charge in [-0.15, -0.1) is 0 Å². The first-order valence-corrected chi connectivity index (χ1v) is 14.6. The second-order valence-corrected chi connectivity index (χ2v) is 11.5. The van der Waals surface area contributed by atoms with Crippen LogP contribution in [0.15, 0.2) is 36.2 Å². The summed E-state index contributed by atoms with van der Waals surface area (Å²) in [5, 5.41) is 0. The van der Waals surface area contributed by atoms with Crippen molar-refractivity contribution in [2.75, 3.05) is 0 Å². The van der Waals surface area contributed by atoms with Crippen LogP contribution in [-0.4, -0.2) is 7.12 Å². The summed E-state index contributed by atoms with van der Waals surface area (Å²) in [5.74, 6) is -44.9. The van der Waals surface area contributed by atoms with Gasteiger partial charge in [-0.1, -0.05) is 18.2 Å². The van der Waals surface area contributed by atoms with Gasteiger partial charge in [-0.25, -0.2) is 70.2 Å². The van der Waals surface area contributed by atoms with Crippen molar-refractivity contribution in [3.63, 3.8) is 0 Å². The van der Waals surface area contributed by atoms with E-state index in [4.69, 9.17) is 9.31 Å². The summed E-state index contributed by atoms with van der Waals surface area (Å²) in [7, 11) is -3.59. The minimum absolute atomic E-state index is 0.418. The summed E-state index contributed by atoms with van der Waals surface area (Å²) >= 11 is 0. The smallest absolute Gasteiger partial charge is 0.530 e. The maximum atomic E-state index is 15.9. The largest absolute Gasteiger partial charge is 0.567 e. The van der Waals surface area contributed by atoms with Crippen LogP contribution in [0.1, 0.15) is 28.4 Å². The van der Waals surface area contributed by atoms with Crippen molar-refractivity contribution >= 4 is 18.4 Å². The Labute approximate surface area is 288 Å². The molecule has 54 heavy (non-hydrogen) atoms. The minimum Gasteiger partial charge on any atom is -0.530 e. The Balaban J connectivity index is 1.55. The average Bonchev–Trinajstić information content (AvgIpc) is 3.65. The molecular formula is C34H8BF17O2. The van der Waals surface area contributed by atoms with Crippen molar-refractivity contribution in [3.05, 3.63) is 146 Å². The van der Waals surface area contributed by atoms with E-state index in [9.17, 15) is 39.5 Å². The molecule has 0 bridgehead atoms. The van der Waals surface area contributed by atoms with Crippen molar-refractivity contribution in [3.8, 4) is 28.0 Å². The van der Waals surface area contributed by atoms with Crippen LogP contribution < -0.4 is 10.1 Å². The first kappa shape index (κ1) is 36.8. The highest BCUT2D eigenvalue weighted by Crippen LogP contribution is 2.49. The molecule has 0 amide bonds. The zero-order valence-electron chi connectivity index (χ0n) is 25.5. The molecule has 0 saturated carbocycles. The third-order valence-electron chi connectivity index (χ3n) is 8.65. The standard InChI is InChI=1S/C34H8BF17O2/c36-10-3-1-2-8-13(10)19(39)31(51)33(8)53-35(54-34-9-6-7-4-5-11(37)18(38)12(7)14(9)20(40)28(48)32(34)52)17-15(21(41)25(45)29(49)24(17)44)16-22(42)26(46)30(50)27(47)23(16)43/h1-5,33H,6H2. The van der Waals surface area contributed by atoms with Gasteiger partial charge < -0.3 is 9.31 Å². The molecule has 7 rings (SSSR count). The molecule has 0 N–H and O–H groups in total. The van der Waals surface area contributed by atoms with Crippen molar-refractivity contribution in [1.82, 2.24) is 0 Å². The van der Waals surface area contributed by atoms with Crippen molar-refractivity contribution in [1.29, 1.82) is 0 Å². The molecule has 2 nitrogen and oxygen atoms in total. The maximum absolute atomic E-state index is 15.9. The van der Waals surface area contributed by atoms with Gasteiger partial charge >= 0.3 is 7.12 Å². The highest BCUT2D eigenvalue weighted by Gasteiger charge is 2.47. The highest BCUT2D eigenvalue weighted by molar-refractivity contribution is 6.64. The second kappa shape index (κ2) is 12.8. The number of fused-ring (bicyclic) bond motifs is 4. The molecule has 5 aromatic rings. The monoisotopic (exact) mass is 782 g/mol. The molecule has 2 aliphatic rings. The molecule has 5 aromatic carbocycles. The summed E-state index contributed by atoms with van der Waals surface area (Å²) in [4.78, 5) is 0. The van der Waals surface area contributed by atoms with Crippen LogP contribution >= 0.6 is 0 Å². The first-order chi connectivity index (χ1) is 25.4. The van der Waals surface area contributed by atoms with Crippen molar-refractivity contribution < 1.29 is 83.9 Å². The molecule has 1 unspecified atom stereocenters. The van der Waals surface area contributed by atoms with E-state index in [1.165, 1.54) is 0 Å². The molecule has 278 valence electrons. The molecule has 0 spiro atoms. The number of hydrogen-bond donors (Lipinski definition) is 0.